The number of likely N-dealkylation sites (tertiary alicyclic amines) is 1. The molecule has 1 aliphatic rings. The van der Waals surface area contributed by atoms with Crippen molar-refractivity contribution in [2.24, 2.45) is 5.92 Å². The first kappa shape index (κ1) is 21.4. The molecule has 3 N–H and O–H groups in total. The summed E-state index contributed by atoms with van der Waals surface area (Å²) in [6, 6.07) is 16.9. The number of aromatic nitrogens is 1. The van der Waals surface area contributed by atoms with Crippen LogP contribution in [0.3, 0.4) is 0 Å². The third-order valence-corrected chi connectivity index (χ3v) is 5.68. The zero-order valence-electron chi connectivity index (χ0n) is 17.7. The van der Waals surface area contributed by atoms with Gasteiger partial charge in [-0.1, -0.05) is 36.4 Å². The number of fused-ring (bicyclic) bond motifs is 1. The van der Waals surface area contributed by atoms with Crippen LogP contribution < -0.4 is 15.6 Å². The molecule has 8 heteroatoms. The lowest BCUT2D eigenvalue weighted by molar-refractivity contribution is -0.136. The highest BCUT2D eigenvalue weighted by Gasteiger charge is 2.27. The van der Waals surface area contributed by atoms with E-state index in [4.69, 9.17) is 4.74 Å². The Morgan fingerprint density at radius 2 is 1.69 bits per heavy atom. The van der Waals surface area contributed by atoms with Crippen molar-refractivity contribution in [3.8, 4) is 5.75 Å². The number of amides is 3. The van der Waals surface area contributed by atoms with Crippen molar-refractivity contribution in [2.75, 3.05) is 19.7 Å². The highest BCUT2D eigenvalue weighted by Crippen LogP contribution is 2.19. The van der Waals surface area contributed by atoms with Gasteiger partial charge in [0.15, 0.2) is 0 Å². The van der Waals surface area contributed by atoms with Gasteiger partial charge in [-0.25, -0.2) is 0 Å². The number of piperidine rings is 1. The van der Waals surface area contributed by atoms with Gasteiger partial charge in [0.25, 0.3) is 5.91 Å². The Morgan fingerprint density at radius 3 is 2.47 bits per heavy atom. The van der Waals surface area contributed by atoms with Crippen molar-refractivity contribution in [1.29, 1.82) is 0 Å². The van der Waals surface area contributed by atoms with Gasteiger partial charge in [0.2, 0.25) is 11.8 Å². The van der Waals surface area contributed by atoms with Crippen LogP contribution in [0.5, 0.6) is 5.75 Å². The maximum atomic E-state index is 12.5. The van der Waals surface area contributed by atoms with E-state index in [-0.39, 0.29) is 23.6 Å². The smallest absolute Gasteiger partial charge is 0.271 e. The quantitative estimate of drug-likeness (QED) is 0.519. The zero-order chi connectivity index (χ0) is 22.3. The van der Waals surface area contributed by atoms with Crippen LogP contribution >= 0.6 is 0 Å². The number of para-hydroxylation sites is 2. The first-order valence-corrected chi connectivity index (χ1v) is 10.7. The fourth-order valence-electron chi connectivity index (χ4n) is 3.87. The molecule has 0 spiro atoms. The number of hydrazine groups is 1. The first-order valence-electron chi connectivity index (χ1n) is 10.7. The molecule has 1 aliphatic heterocycles. The van der Waals surface area contributed by atoms with Crippen LogP contribution in [-0.4, -0.2) is 47.3 Å². The molecule has 0 radical (unpaired) electrons. The molecule has 3 aromatic rings. The number of aromatic amines is 1. The Balaban J connectivity index is 1.19. The minimum atomic E-state index is -0.373. The maximum absolute atomic E-state index is 12.5. The van der Waals surface area contributed by atoms with E-state index in [0.29, 0.717) is 44.5 Å². The molecule has 0 unspecified atom stereocenters. The number of rotatable bonds is 6. The Hall–Kier alpha value is -3.81. The topological polar surface area (TPSA) is 104 Å². The summed E-state index contributed by atoms with van der Waals surface area (Å²) in [5.74, 6) is -0.0970. The molecular formula is C24H26N4O4. The summed E-state index contributed by atoms with van der Waals surface area (Å²) in [5, 5.41) is 0.794. The van der Waals surface area contributed by atoms with Crippen molar-refractivity contribution >= 4 is 28.6 Å². The summed E-state index contributed by atoms with van der Waals surface area (Å²) in [7, 11) is 0. The van der Waals surface area contributed by atoms with E-state index in [2.05, 4.69) is 15.8 Å². The summed E-state index contributed by atoms with van der Waals surface area (Å²) in [5.41, 5.74) is 6.35. The van der Waals surface area contributed by atoms with Crippen LogP contribution in [0.4, 0.5) is 0 Å². The normalized spacial score (nSPS) is 14.2. The molecule has 0 atom stereocenters. The number of nitrogens with zero attached hydrogens (tertiary/aromatic N) is 1. The van der Waals surface area contributed by atoms with Crippen LogP contribution in [0.15, 0.2) is 60.8 Å². The summed E-state index contributed by atoms with van der Waals surface area (Å²) in [4.78, 5) is 42.1. The summed E-state index contributed by atoms with van der Waals surface area (Å²) >= 11 is 0. The third-order valence-electron chi connectivity index (χ3n) is 5.68. The number of benzene rings is 2. The fraction of sp³-hybridized carbons (Fsp3) is 0.292. The second-order valence-electron chi connectivity index (χ2n) is 7.76. The fourth-order valence-corrected chi connectivity index (χ4v) is 3.87. The first-order chi connectivity index (χ1) is 15.6. The summed E-state index contributed by atoms with van der Waals surface area (Å²) in [6.45, 7) is 1.35. The number of nitrogens with one attached hydrogen (secondary N) is 3. The van der Waals surface area contributed by atoms with Gasteiger partial charge in [-0.05, 0) is 31.0 Å². The van der Waals surface area contributed by atoms with E-state index in [0.717, 1.165) is 16.7 Å². The predicted octanol–water partition coefficient (Wildman–Crippen LogP) is 2.64. The second kappa shape index (κ2) is 10.00. The molecule has 3 amide bonds. The van der Waals surface area contributed by atoms with Gasteiger partial charge in [0.1, 0.15) is 5.75 Å². The summed E-state index contributed by atoms with van der Waals surface area (Å²) in [6.07, 6.45) is 3.03. The molecule has 0 aliphatic carbocycles. The van der Waals surface area contributed by atoms with E-state index in [1.54, 1.807) is 11.1 Å². The van der Waals surface area contributed by atoms with Gasteiger partial charge in [0, 0.05) is 36.1 Å². The average molecular weight is 434 g/mol. The molecule has 1 aromatic heterocycles. The number of ether oxygens (including phenoxy) is 1. The monoisotopic (exact) mass is 434 g/mol. The molecule has 8 nitrogen and oxygen atoms in total. The number of carbonyl (C=O) groups excluding carboxylic acids is 3. The van der Waals surface area contributed by atoms with Gasteiger partial charge in [-0.3, -0.25) is 25.2 Å². The van der Waals surface area contributed by atoms with Gasteiger partial charge in [-0.2, -0.15) is 0 Å². The second-order valence-corrected chi connectivity index (χ2v) is 7.76. The van der Waals surface area contributed by atoms with E-state index in [9.17, 15) is 14.4 Å². The zero-order valence-corrected chi connectivity index (χ0v) is 17.7. The Bertz CT molecular complexity index is 1090. The molecule has 2 aromatic carbocycles. The van der Waals surface area contributed by atoms with Gasteiger partial charge in [-0.15, -0.1) is 0 Å². The molecule has 0 saturated carbocycles. The van der Waals surface area contributed by atoms with Crippen LogP contribution in [0.1, 0.15) is 29.6 Å². The number of carbonyl (C=O) groups is 3. The lowest BCUT2D eigenvalue weighted by Gasteiger charge is -2.31. The van der Waals surface area contributed by atoms with Crippen LogP contribution in [0.25, 0.3) is 10.9 Å². The number of hydrogen-bond donors (Lipinski definition) is 3. The molecule has 1 saturated heterocycles. The van der Waals surface area contributed by atoms with Crippen molar-refractivity contribution in [2.45, 2.75) is 19.3 Å². The highest BCUT2D eigenvalue weighted by molar-refractivity contribution is 6.07. The Morgan fingerprint density at radius 1 is 0.969 bits per heavy atom. The van der Waals surface area contributed by atoms with Gasteiger partial charge >= 0.3 is 0 Å². The van der Waals surface area contributed by atoms with E-state index in [1.807, 2.05) is 54.6 Å². The molecule has 2 heterocycles. The van der Waals surface area contributed by atoms with E-state index in [1.165, 1.54) is 0 Å². The largest absolute Gasteiger partial charge is 0.493 e. The Labute approximate surface area is 185 Å². The standard InChI is InChI=1S/C24H26N4O4/c29-22(12-15-32-18-6-2-1-3-7-18)28-13-10-17(11-14-28)23(30)26-27-24(31)20-16-25-21-9-5-4-8-19(20)21/h1-9,16-17,25H,10-15H2,(H,26,30)(H,27,31). The van der Waals surface area contributed by atoms with Gasteiger partial charge in [0.05, 0.1) is 18.6 Å². The molecule has 4 rings (SSSR count). The highest BCUT2D eigenvalue weighted by atomic mass is 16.5. The van der Waals surface area contributed by atoms with E-state index < -0.39 is 0 Å². The summed E-state index contributed by atoms with van der Waals surface area (Å²) < 4.78 is 5.58. The minimum Gasteiger partial charge on any atom is -0.493 e. The molecule has 0 bridgehead atoms. The molecule has 166 valence electrons. The Kier molecular flexibility index (Phi) is 6.69. The minimum absolute atomic E-state index is 0.0208. The van der Waals surface area contributed by atoms with Crippen LogP contribution in [0.2, 0.25) is 0 Å². The van der Waals surface area contributed by atoms with Crippen molar-refractivity contribution < 1.29 is 19.1 Å². The predicted molar refractivity (Wildman–Crippen MR) is 120 cm³/mol. The number of hydrogen-bond acceptors (Lipinski definition) is 4. The third kappa shape index (κ3) is 5.08. The van der Waals surface area contributed by atoms with E-state index >= 15 is 0 Å². The van der Waals surface area contributed by atoms with Crippen LogP contribution in [0, 0.1) is 5.92 Å². The van der Waals surface area contributed by atoms with Gasteiger partial charge < -0.3 is 14.6 Å². The lowest BCUT2D eigenvalue weighted by atomic mass is 9.96. The molecule has 1 fully saturated rings. The SMILES string of the molecule is O=C(NNC(=O)C1CCN(C(=O)CCOc2ccccc2)CC1)c1c[nH]c2ccccc12. The van der Waals surface area contributed by atoms with Crippen molar-refractivity contribution in [1.82, 2.24) is 20.7 Å². The maximum Gasteiger partial charge on any atom is 0.271 e. The lowest BCUT2D eigenvalue weighted by Crippen LogP contribution is -2.48. The van der Waals surface area contributed by atoms with Crippen LogP contribution in [-0.2, 0) is 9.59 Å². The number of H-pyrrole nitrogens is 1. The molecular weight excluding hydrogens is 408 g/mol. The van der Waals surface area contributed by atoms with Crippen molar-refractivity contribution in [3.63, 3.8) is 0 Å². The van der Waals surface area contributed by atoms with Crippen molar-refractivity contribution in [3.05, 3.63) is 66.4 Å². The molecule has 32 heavy (non-hydrogen) atoms. The average Bonchev–Trinajstić information content (AvgIpc) is 3.27.